The highest BCUT2D eigenvalue weighted by molar-refractivity contribution is 6.06. The minimum Gasteiger partial charge on any atom is -0.298 e. The Labute approximate surface area is 99.6 Å². The predicted molar refractivity (Wildman–Crippen MR) is 58.5 cm³/mol. The van der Waals surface area contributed by atoms with E-state index in [1.54, 1.807) is 6.92 Å². The van der Waals surface area contributed by atoms with E-state index in [1.807, 2.05) is 0 Å². The molecule has 0 radical (unpaired) electrons. The van der Waals surface area contributed by atoms with Crippen LogP contribution in [0.3, 0.4) is 0 Å². The summed E-state index contributed by atoms with van der Waals surface area (Å²) in [6.45, 7) is 6.38. The molecular weight excluding hydrogens is 233 g/mol. The first-order valence-corrected chi connectivity index (χ1v) is 5.67. The van der Waals surface area contributed by atoms with E-state index in [-0.39, 0.29) is 6.42 Å². The fourth-order valence-corrected chi connectivity index (χ4v) is 1.51. The Bertz CT molecular complexity index is 261. The molecule has 17 heavy (non-hydrogen) atoms. The highest BCUT2D eigenvalue weighted by Gasteiger charge is 2.47. The molecule has 0 heterocycles. The first-order chi connectivity index (χ1) is 7.51. The van der Waals surface area contributed by atoms with Gasteiger partial charge in [-0.3, -0.25) is 9.59 Å². The summed E-state index contributed by atoms with van der Waals surface area (Å²) in [5, 5.41) is 0. The average molecular weight is 252 g/mol. The van der Waals surface area contributed by atoms with Crippen LogP contribution in [0.5, 0.6) is 0 Å². The Morgan fingerprint density at radius 1 is 1.06 bits per heavy atom. The summed E-state index contributed by atoms with van der Waals surface area (Å²) < 4.78 is 37.1. The van der Waals surface area contributed by atoms with Crippen molar-refractivity contribution >= 4 is 11.6 Å². The molecule has 0 amide bonds. The van der Waals surface area contributed by atoms with Crippen molar-refractivity contribution in [3.63, 3.8) is 0 Å². The van der Waals surface area contributed by atoms with Crippen LogP contribution in [0.15, 0.2) is 0 Å². The predicted octanol–water partition coefficient (Wildman–Crippen LogP) is 3.54. The lowest BCUT2D eigenvalue weighted by molar-refractivity contribution is -0.178. The van der Waals surface area contributed by atoms with Gasteiger partial charge in [0.1, 0.15) is 5.78 Å². The zero-order chi connectivity index (χ0) is 13.9. The van der Waals surface area contributed by atoms with Gasteiger partial charge in [-0.25, -0.2) is 0 Å². The smallest absolute Gasteiger partial charge is 0.298 e. The molecule has 5 heteroatoms. The van der Waals surface area contributed by atoms with Crippen molar-refractivity contribution in [1.29, 1.82) is 0 Å². The van der Waals surface area contributed by atoms with Crippen LogP contribution >= 0.6 is 0 Å². The quantitative estimate of drug-likeness (QED) is 0.701. The molecule has 0 N–H and O–H groups in total. The monoisotopic (exact) mass is 252 g/mol. The Balaban J connectivity index is 5.02. The maximum absolute atomic E-state index is 12.4. The van der Waals surface area contributed by atoms with Crippen molar-refractivity contribution < 1.29 is 22.8 Å². The van der Waals surface area contributed by atoms with Gasteiger partial charge in [0.2, 0.25) is 5.78 Å². The molecule has 2 nitrogen and oxygen atoms in total. The van der Waals surface area contributed by atoms with Crippen LogP contribution in [0.25, 0.3) is 0 Å². The van der Waals surface area contributed by atoms with Gasteiger partial charge in [0, 0.05) is 5.41 Å². The molecule has 0 bridgehead atoms. The van der Waals surface area contributed by atoms with Gasteiger partial charge in [-0.2, -0.15) is 13.2 Å². The lowest BCUT2D eigenvalue weighted by Crippen LogP contribution is -2.40. The van der Waals surface area contributed by atoms with Gasteiger partial charge in [0.05, 0.1) is 5.92 Å². The van der Waals surface area contributed by atoms with Gasteiger partial charge in [-0.05, 0) is 6.42 Å². The van der Waals surface area contributed by atoms with Gasteiger partial charge in [-0.15, -0.1) is 0 Å². The van der Waals surface area contributed by atoms with Gasteiger partial charge in [-0.1, -0.05) is 40.5 Å². The summed E-state index contributed by atoms with van der Waals surface area (Å²) in [7, 11) is 0. The Kier molecular flexibility index (Phi) is 5.36. The molecule has 0 rings (SSSR count). The Morgan fingerprint density at radius 2 is 1.53 bits per heavy atom. The zero-order valence-corrected chi connectivity index (χ0v) is 10.6. The van der Waals surface area contributed by atoms with Crippen molar-refractivity contribution in [2.24, 2.45) is 11.3 Å². The standard InChI is InChI=1S/C12H19F3O2/c1-5-6-7-8(9(16)11(2,3)4)10(17)12(13,14)15/h8H,5-7H2,1-4H3. The third kappa shape index (κ3) is 4.88. The van der Waals surface area contributed by atoms with Crippen molar-refractivity contribution in [3.8, 4) is 0 Å². The molecule has 0 saturated heterocycles. The molecule has 0 aromatic rings. The first kappa shape index (κ1) is 16.1. The summed E-state index contributed by atoms with van der Waals surface area (Å²) in [6.07, 6.45) is -3.86. The summed E-state index contributed by atoms with van der Waals surface area (Å²) in [6, 6.07) is 0. The number of hydrogen-bond donors (Lipinski definition) is 0. The molecule has 0 fully saturated rings. The highest BCUT2D eigenvalue weighted by Crippen LogP contribution is 2.30. The molecule has 0 aliphatic rings. The summed E-state index contributed by atoms with van der Waals surface area (Å²) in [5.74, 6) is -4.09. The third-order valence-corrected chi connectivity index (χ3v) is 2.50. The van der Waals surface area contributed by atoms with E-state index in [0.717, 1.165) is 0 Å². The number of rotatable bonds is 5. The number of alkyl halides is 3. The molecule has 0 aromatic heterocycles. The Hall–Kier alpha value is -0.870. The van der Waals surface area contributed by atoms with E-state index in [4.69, 9.17) is 0 Å². The molecule has 0 aliphatic carbocycles. The molecule has 1 unspecified atom stereocenters. The molecule has 1 atom stereocenters. The molecule has 0 aliphatic heterocycles. The van der Waals surface area contributed by atoms with E-state index >= 15 is 0 Å². The van der Waals surface area contributed by atoms with Crippen molar-refractivity contribution in [2.75, 3.05) is 0 Å². The first-order valence-electron chi connectivity index (χ1n) is 5.67. The number of ketones is 2. The molecule has 100 valence electrons. The molecular formula is C12H19F3O2. The summed E-state index contributed by atoms with van der Waals surface area (Å²) >= 11 is 0. The maximum Gasteiger partial charge on any atom is 0.450 e. The average Bonchev–Trinajstić information content (AvgIpc) is 2.14. The van der Waals surface area contributed by atoms with Gasteiger partial charge in [0.15, 0.2) is 0 Å². The fourth-order valence-electron chi connectivity index (χ4n) is 1.51. The maximum atomic E-state index is 12.4. The zero-order valence-electron chi connectivity index (χ0n) is 10.6. The second-order valence-corrected chi connectivity index (χ2v) is 5.17. The minimum absolute atomic E-state index is 0.0229. The minimum atomic E-state index is -4.93. The van der Waals surface area contributed by atoms with E-state index in [2.05, 4.69) is 0 Å². The second-order valence-electron chi connectivity index (χ2n) is 5.17. The van der Waals surface area contributed by atoms with Crippen LogP contribution in [-0.2, 0) is 9.59 Å². The highest BCUT2D eigenvalue weighted by atomic mass is 19.4. The number of carbonyl (C=O) groups excluding carboxylic acids is 2. The van der Waals surface area contributed by atoms with E-state index < -0.39 is 29.1 Å². The van der Waals surface area contributed by atoms with Crippen LogP contribution in [0.4, 0.5) is 13.2 Å². The van der Waals surface area contributed by atoms with Gasteiger partial charge < -0.3 is 0 Å². The van der Waals surface area contributed by atoms with Crippen LogP contribution < -0.4 is 0 Å². The Morgan fingerprint density at radius 3 is 1.82 bits per heavy atom. The SMILES string of the molecule is CCCCC(C(=O)C(C)(C)C)C(=O)C(F)(F)F. The molecule has 0 aromatic carbocycles. The van der Waals surface area contributed by atoms with Crippen molar-refractivity contribution in [1.82, 2.24) is 0 Å². The summed E-state index contributed by atoms with van der Waals surface area (Å²) in [5.41, 5.74) is -0.931. The lowest BCUT2D eigenvalue weighted by Gasteiger charge is -2.24. The number of Topliss-reactive ketones (excluding diaryl/α,β-unsaturated/α-hetero) is 2. The fraction of sp³-hybridized carbons (Fsp3) is 0.833. The number of halogens is 3. The van der Waals surface area contributed by atoms with Gasteiger partial charge >= 0.3 is 6.18 Å². The van der Waals surface area contributed by atoms with E-state index in [1.165, 1.54) is 20.8 Å². The summed E-state index contributed by atoms with van der Waals surface area (Å²) in [4.78, 5) is 23.1. The topological polar surface area (TPSA) is 34.1 Å². The van der Waals surface area contributed by atoms with Crippen LogP contribution in [0.1, 0.15) is 47.0 Å². The van der Waals surface area contributed by atoms with E-state index in [9.17, 15) is 22.8 Å². The van der Waals surface area contributed by atoms with Crippen LogP contribution in [0.2, 0.25) is 0 Å². The van der Waals surface area contributed by atoms with Crippen molar-refractivity contribution in [2.45, 2.75) is 53.1 Å². The van der Waals surface area contributed by atoms with Crippen LogP contribution in [-0.4, -0.2) is 17.7 Å². The molecule has 0 spiro atoms. The number of carbonyl (C=O) groups is 2. The second kappa shape index (κ2) is 5.65. The lowest BCUT2D eigenvalue weighted by atomic mass is 9.79. The van der Waals surface area contributed by atoms with Crippen LogP contribution in [0, 0.1) is 11.3 Å². The molecule has 0 saturated carbocycles. The van der Waals surface area contributed by atoms with E-state index in [0.29, 0.717) is 12.8 Å². The largest absolute Gasteiger partial charge is 0.450 e. The normalized spacial score (nSPS) is 14.5. The third-order valence-electron chi connectivity index (χ3n) is 2.50. The van der Waals surface area contributed by atoms with Gasteiger partial charge in [0.25, 0.3) is 0 Å². The number of hydrogen-bond acceptors (Lipinski definition) is 2. The van der Waals surface area contributed by atoms with Crippen molar-refractivity contribution in [3.05, 3.63) is 0 Å². The number of unbranched alkanes of at least 4 members (excludes halogenated alkanes) is 1.